The Kier molecular flexibility index (Phi) is 5.89. The van der Waals surface area contributed by atoms with E-state index in [-0.39, 0.29) is 18.2 Å². The maximum Gasteiger partial charge on any atom is 0.261 e. The van der Waals surface area contributed by atoms with Gasteiger partial charge in [-0.3, -0.25) is 14.6 Å². The lowest BCUT2D eigenvalue weighted by Gasteiger charge is -2.15. The van der Waals surface area contributed by atoms with Crippen LogP contribution >= 0.6 is 0 Å². The highest BCUT2D eigenvalue weighted by Crippen LogP contribution is 2.16. The van der Waals surface area contributed by atoms with Crippen molar-refractivity contribution in [1.82, 2.24) is 10.3 Å². The summed E-state index contributed by atoms with van der Waals surface area (Å²) in [6.45, 7) is 3.37. The van der Waals surface area contributed by atoms with Crippen molar-refractivity contribution >= 4 is 11.7 Å². The van der Waals surface area contributed by atoms with Gasteiger partial charge in [0.1, 0.15) is 17.2 Å². The van der Waals surface area contributed by atoms with Gasteiger partial charge in [0, 0.05) is 11.8 Å². The van der Waals surface area contributed by atoms with E-state index in [0.717, 1.165) is 0 Å². The minimum absolute atomic E-state index is 0.0557. The summed E-state index contributed by atoms with van der Waals surface area (Å²) in [5, 5.41) is 2.76. The largest absolute Gasteiger partial charge is 0.495 e. The molecule has 1 aromatic carbocycles. The monoisotopic (exact) mass is 328 g/mol. The molecule has 0 aliphatic heterocycles. The molecule has 6 nitrogen and oxygen atoms in total. The molecular formula is C18H20N2O4. The van der Waals surface area contributed by atoms with Crippen molar-refractivity contribution in [1.29, 1.82) is 0 Å². The van der Waals surface area contributed by atoms with Gasteiger partial charge in [0.05, 0.1) is 13.7 Å². The molecule has 1 amide bonds. The predicted octanol–water partition coefficient (Wildman–Crippen LogP) is 2.38. The molecule has 1 heterocycles. The number of Topliss-reactive ketones (excluding diaryl/α,β-unsaturated/α-hetero) is 1. The number of aromatic nitrogens is 1. The lowest BCUT2D eigenvalue weighted by Crippen LogP contribution is -2.36. The van der Waals surface area contributed by atoms with Crippen molar-refractivity contribution in [3.63, 3.8) is 0 Å². The highest BCUT2D eigenvalue weighted by atomic mass is 16.5. The molecule has 6 heteroatoms. The van der Waals surface area contributed by atoms with Crippen LogP contribution < -0.4 is 14.8 Å². The number of benzene rings is 1. The predicted molar refractivity (Wildman–Crippen MR) is 89.2 cm³/mol. The van der Waals surface area contributed by atoms with Crippen molar-refractivity contribution in [2.24, 2.45) is 0 Å². The number of carbonyl (C=O) groups excluding carboxylic acids is 2. The summed E-state index contributed by atoms with van der Waals surface area (Å²) in [4.78, 5) is 27.7. The van der Waals surface area contributed by atoms with Gasteiger partial charge in [0.25, 0.3) is 5.91 Å². The third-order valence-electron chi connectivity index (χ3n) is 3.42. The van der Waals surface area contributed by atoms with Gasteiger partial charge in [0.2, 0.25) is 0 Å². The smallest absolute Gasteiger partial charge is 0.261 e. The Morgan fingerprint density at radius 1 is 1.25 bits per heavy atom. The average Bonchev–Trinajstić information content (AvgIpc) is 2.60. The van der Waals surface area contributed by atoms with Crippen LogP contribution in [-0.2, 0) is 11.3 Å². The van der Waals surface area contributed by atoms with Gasteiger partial charge in [-0.05, 0) is 38.1 Å². The molecule has 24 heavy (non-hydrogen) atoms. The molecule has 1 aromatic heterocycles. The van der Waals surface area contributed by atoms with Gasteiger partial charge in [-0.1, -0.05) is 12.1 Å². The first-order chi connectivity index (χ1) is 11.5. The highest BCUT2D eigenvalue weighted by molar-refractivity contribution is 5.94. The fourth-order valence-electron chi connectivity index (χ4n) is 2.10. The zero-order valence-corrected chi connectivity index (χ0v) is 13.9. The summed E-state index contributed by atoms with van der Waals surface area (Å²) < 4.78 is 10.8. The van der Waals surface area contributed by atoms with E-state index in [1.54, 1.807) is 56.6 Å². The number of ketones is 1. The first-order valence-electron chi connectivity index (χ1n) is 7.54. The first-order valence-corrected chi connectivity index (χ1v) is 7.54. The summed E-state index contributed by atoms with van der Waals surface area (Å²) >= 11 is 0. The van der Waals surface area contributed by atoms with Gasteiger partial charge in [-0.2, -0.15) is 0 Å². The van der Waals surface area contributed by atoms with Crippen molar-refractivity contribution in [2.75, 3.05) is 7.11 Å². The Bertz CT molecular complexity index is 730. The lowest BCUT2D eigenvalue weighted by molar-refractivity contribution is -0.127. The minimum Gasteiger partial charge on any atom is -0.495 e. The number of nitrogens with zero attached hydrogens (tertiary/aromatic N) is 1. The Labute approximate surface area is 140 Å². The van der Waals surface area contributed by atoms with Crippen LogP contribution in [0.4, 0.5) is 0 Å². The van der Waals surface area contributed by atoms with E-state index < -0.39 is 6.10 Å². The third-order valence-corrected chi connectivity index (χ3v) is 3.42. The Morgan fingerprint density at radius 2 is 2.04 bits per heavy atom. The molecule has 1 atom stereocenters. The lowest BCUT2D eigenvalue weighted by atomic mass is 10.1. The molecule has 0 fully saturated rings. The summed E-state index contributed by atoms with van der Waals surface area (Å²) in [7, 11) is 1.55. The SMILES string of the molecule is COc1cccnc1CNC(=O)[C@H](C)Oc1cccc(C(C)=O)c1. The second kappa shape index (κ2) is 8.10. The summed E-state index contributed by atoms with van der Waals surface area (Å²) in [6.07, 6.45) is 0.930. The molecule has 2 rings (SSSR count). The van der Waals surface area contributed by atoms with Gasteiger partial charge >= 0.3 is 0 Å². The number of nitrogens with one attached hydrogen (secondary N) is 1. The average molecular weight is 328 g/mol. The molecule has 0 radical (unpaired) electrons. The Hall–Kier alpha value is -2.89. The van der Waals surface area contributed by atoms with E-state index in [1.807, 2.05) is 0 Å². The molecule has 126 valence electrons. The van der Waals surface area contributed by atoms with E-state index >= 15 is 0 Å². The van der Waals surface area contributed by atoms with Crippen molar-refractivity contribution in [3.05, 3.63) is 53.9 Å². The van der Waals surface area contributed by atoms with E-state index in [4.69, 9.17) is 9.47 Å². The molecule has 0 saturated carbocycles. The maximum atomic E-state index is 12.2. The van der Waals surface area contributed by atoms with E-state index in [9.17, 15) is 9.59 Å². The number of rotatable bonds is 7. The number of hydrogen-bond donors (Lipinski definition) is 1. The van der Waals surface area contributed by atoms with Gasteiger partial charge in [-0.25, -0.2) is 0 Å². The minimum atomic E-state index is -0.707. The molecule has 0 unspecified atom stereocenters. The zero-order valence-electron chi connectivity index (χ0n) is 13.9. The van der Waals surface area contributed by atoms with Crippen LogP contribution in [0.2, 0.25) is 0 Å². The summed E-state index contributed by atoms with van der Waals surface area (Å²) in [5.41, 5.74) is 1.18. The number of hydrogen-bond acceptors (Lipinski definition) is 5. The molecule has 2 aromatic rings. The van der Waals surface area contributed by atoms with Gasteiger partial charge < -0.3 is 14.8 Å². The first kappa shape index (κ1) is 17.5. The third kappa shape index (κ3) is 4.55. The molecule has 0 aliphatic rings. The van der Waals surface area contributed by atoms with Crippen molar-refractivity contribution in [3.8, 4) is 11.5 Å². The van der Waals surface area contributed by atoms with E-state index in [1.165, 1.54) is 6.92 Å². The van der Waals surface area contributed by atoms with Crippen LogP contribution in [0.25, 0.3) is 0 Å². The quantitative estimate of drug-likeness (QED) is 0.790. The van der Waals surface area contributed by atoms with Crippen LogP contribution in [-0.4, -0.2) is 29.9 Å². The number of methoxy groups -OCH3 is 1. The summed E-state index contributed by atoms with van der Waals surface area (Å²) in [5.74, 6) is 0.747. The molecular weight excluding hydrogens is 308 g/mol. The number of pyridine rings is 1. The topological polar surface area (TPSA) is 77.5 Å². The van der Waals surface area contributed by atoms with Gasteiger partial charge in [0.15, 0.2) is 11.9 Å². The Morgan fingerprint density at radius 3 is 2.75 bits per heavy atom. The van der Waals surface area contributed by atoms with Crippen LogP contribution in [0.3, 0.4) is 0 Å². The molecule has 1 N–H and O–H groups in total. The van der Waals surface area contributed by atoms with Gasteiger partial charge in [-0.15, -0.1) is 0 Å². The number of ether oxygens (including phenoxy) is 2. The molecule has 0 aliphatic carbocycles. The highest BCUT2D eigenvalue weighted by Gasteiger charge is 2.16. The van der Waals surface area contributed by atoms with E-state index in [2.05, 4.69) is 10.3 Å². The zero-order chi connectivity index (χ0) is 17.5. The molecule has 0 saturated heterocycles. The Balaban J connectivity index is 1.95. The molecule has 0 spiro atoms. The standard InChI is InChI=1S/C18H20N2O4/c1-12(21)14-6-4-7-15(10-14)24-13(2)18(22)20-11-16-17(23-3)8-5-9-19-16/h4-10,13H,11H2,1-3H3,(H,20,22)/t13-/m0/s1. The van der Waals surface area contributed by atoms with Crippen molar-refractivity contribution < 1.29 is 19.1 Å². The number of amides is 1. The van der Waals surface area contributed by atoms with Crippen LogP contribution in [0.1, 0.15) is 29.9 Å². The second-order valence-corrected chi connectivity index (χ2v) is 5.21. The van der Waals surface area contributed by atoms with Crippen LogP contribution in [0.5, 0.6) is 11.5 Å². The van der Waals surface area contributed by atoms with E-state index in [0.29, 0.717) is 22.8 Å². The van der Waals surface area contributed by atoms with Crippen LogP contribution in [0, 0.1) is 0 Å². The summed E-state index contributed by atoms with van der Waals surface area (Å²) in [6, 6.07) is 10.3. The number of carbonyl (C=O) groups is 2. The fourth-order valence-corrected chi connectivity index (χ4v) is 2.10. The second-order valence-electron chi connectivity index (χ2n) is 5.21. The normalized spacial score (nSPS) is 11.5. The van der Waals surface area contributed by atoms with Crippen LogP contribution in [0.15, 0.2) is 42.6 Å². The fraction of sp³-hybridized carbons (Fsp3) is 0.278. The van der Waals surface area contributed by atoms with Crippen molar-refractivity contribution in [2.45, 2.75) is 26.5 Å². The maximum absolute atomic E-state index is 12.2. The molecule has 0 bridgehead atoms.